The third kappa shape index (κ3) is 5.73. The number of ether oxygens (including phenoxy) is 2. The van der Waals surface area contributed by atoms with Crippen molar-refractivity contribution in [1.29, 1.82) is 0 Å². The molecule has 1 N–H and O–H groups in total. The molecule has 1 saturated heterocycles. The van der Waals surface area contributed by atoms with Crippen molar-refractivity contribution in [3.63, 3.8) is 0 Å². The Morgan fingerprint density at radius 3 is 2.56 bits per heavy atom. The molecule has 0 aromatic heterocycles. The SMILES string of the molecule is COc1cccc(O[C@H](C)C(=O)NCc2cccc(CN3CCCC3)c2)c1. The van der Waals surface area contributed by atoms with E-state index in [1.807, 2.05) is 24.3 Å². The zero-order valence-corrected chi connectivity index (χ0v) is 16.1. The Hall–Kier alpha value is -2.53. The first-order chi connectivity index (χ1) is 13.1. The van der Waals surface area contributed by atoms with Crippen molar-refractivity contribution in [2.75, 3.05) is 20.2 Å². The summed E-state index contributed by atoms with van der Waals surface area (Å²) >= 11 is 0. The van der Waals surface area contributed by atoms with E-state index >= 15 is 0 Å². The molecule has 1 aliphatic heterocycles. The summed E-state index contributed by atoms with van der Waals surface area (Å²) in [5.41, 5.74) is 2.40. The molecule has 2 aromatic carbocycles. The van der Waals surface area contributed by atoms with Crippen molar-refractivity contribution in [2.24, 2.45) is 0 Å². The fraction of sp³-hybridized carbons (Fsp3) is 0.409. The first-order valence-corrected chi connectivity index (χ1v) is 9.52. The largest absolute Gasteiger partial charge is 0.497 e. The summed E-state index contributed by atoms with van der Waals surface area (Å²) in [6.07, 6.45) is 2.01. The van der Waals surface area contributed by atoms with Crippen LogP contribution in [0.5, 0.6) is 11.5 Å². The molecule has 0 spiro atoms. The van der Waals surface area contributed by atoms with E-state index < -0.39 is 6.10 Å². The minimum atomic E-state index is -0.579. The number of nitrogens with zero attached hydrogens (tertiary/aromatic N) is 1. The lowest BCUT2D eigenvalue weighted by Gasteiger charge is -2.17. The second kappa shape index (κ2) is 9.42. The van der Waals surface area contributed by atoms with Crippen LogP contribution in [0.4, 0.5) is 0 Å². The molecule has 1 heterocycles. The first kappa shape index (κ1) is 19.2. The van der Waals surface area contributed by atoms with E-state index in [2.05, 4.69) is 28.4 Å². The molecule has 0 bridgehead atoms. The molecule has 0 radical (unpaired) electrons. The smallest absolute Gasteiger partial charge is 0.261 e. The highest BCUT2D eigenvalue weighted by molar-refractivity contribution is 5.80. The van der Waals surface area contributed by atoms with Crippen molar-refractivity contribution in [1.82, 2.24) is 10.2 Å². The summed E-state index contributed by atoms with van der Waals surface area (Å²) in [7, 11) is 1.60. The van der Waals surface area contributed by atoms with E-state index in [0.717, 1.165) is 12.1 Å². The van der Waals surface area contributed by atoms with E-state index in [1.54, 1.807) is 20.1 Å². The summed E-state index contributed by atoms with van der Waals surface area (Å²) in [6.45, 7) is 5.59. The Labute approximate surface area is 161 Å². The van der Waals surface area contributed by atoms with Gasteiger partial charge in [0.2, 0.25) is 0 Å². The minimum absolute atomic E-state index is 0.136. The lowest BCUT2D eigenvalue weighted by molar-refractivity contribution is -0.127. The number of benzene rings is 2. The number of amides is 1. The first-order valence-electron chi connectivity index (χ1n) is 9.52. The van der Waals surface area contributed by atoms with Crippen LogP contribution >= 0.6 is 0 Å². The standard InChI is InChI=1S/C22H28N2O3/c1-17(27-21-10-6-9-20(14-21)26-2)22(25)23-15-18-7-5-8-19(13-18)16-24-11-3-4-12-24/h5-10,13-14,17H,3-4,11-12,15-16H2,1-2H3,(H,23,25)/t17-/m1/s1. The molecule has 5 nitrogen and oxygen atoms in total. The molecule has 2 aromatic rings. The van der Waals surface area contributed by atoms with Gasteiger partial charge in [-0.2, -0.15) is 0 Å². The zero-order chi connectivity index (χ0) is 19.1. The van der Waals surface area contributed by atoms with Crippen LogP contribution in [0, 0.1) is 0 Å². The van der Waals surface area contributed by atoms with Crippen molar-refractivity contribution < 1.29 is 14.3 Å². The second-order valence-corrected chi connectivity index (χ2v) is 6.96. The lowest BCUT2D eigenvalue weighted by Crippen LogP contribution is -2.35. The van der Waals surface area contributed by atoms with Gasteiger partial charge < -0.3 is 14.8 Å². The predicted molar refractivity (Wildman–Crippen MR) is 106 cm³/mol. The molecule has 1 atom stereocenters. The summed E-state index contributed by atoms with van der Waals surface area (Å²) in [6, 6.07) is 15.7. The fourth-order valence-electron chi connectivity index (χ4n) is 3.30. The summed E-state index contributed by atoms with van der Waals surface area (Å²) < 4.78 is 10.9. The Morgan fingerprint density at radius 1 is 1.07 bits per heavy atom. The van der Waals surface area contributed by atoms with Gasteiger partial charge in [0.1, 0.15) is 11.5 Å². The Bertz CT molecular complexity index is 757. The topological polar surface area (TPSA) is 50.8 Å². The van der Waals surface area contributed by atoms with Crippen molar-refractivity contribution in [3.8, 4) is 11.5 Å². The summed E-state index contributed by atoms with van der Waals surface area (Å²) in [4.78, 5) is 14.8. The van der Waals surface area contributed by atoms with Gasteiger partial charge in [0.25, 0.3) is 5.91 Å². The molecule has 144 valence electrons. The number of carbonyl (C=O) groups is 1. The van der Waals surface area contributed by atoms with E-state index in [-0.39, 0.29) is 5.91 Å². The monoisotopic (exact) mass is 368 g/mol. The molecule has 1 fully saturated rings. The highest BCUT2D eigenvalue weighted by Crippen LogP contribution is 2.20. The molecule has 0 unspecified atom stereocenters. The van der Waals surface area contributed by atoms with Crippen LogP contribution in [0.15, 0.2) is 48.5 Å². The Kier molecular flexibility index (Phi) is 6.71. The van der Waals surface area contributed by atoms with Crippen LogP contribution in [0.2, 0.25) is 0 Å². The maximum Gasteiger partial charge on any atom is 0.261 e. The third-order valence-corrected chi connectivity index (χ3v) is 4.79. The molecule has 3 rings (SSSR count). The van der Waals surface area contributed by atoms with Crippen LogP contribution in [-0.4, -0.2) is 37.1 Å². The quantitative estimate of drug-likeness (QED) is 0.776. The number of hydrogen-bond acceptors (Lipinski definition) is 4. The van der Waals surface area contributed by atoms with Gasteiger partial charge in [-0.15, -0.1) is 0 Å². The summed E-state index contributed by atoms with van der Waals surface area (Å²) in [5.74, 6) is 1.18. The van der Waals surface area contributed by atoms with Crippen LogP contribution in [0.1, 0.15) is 30.9 Å². The van der Waals surface area contributed by atoms with Gasteiger partial charge in [-0.25, -0.2) is 0 Å². The lowest BCUT2D eigenvalue weighted by atomic mass is 10.1. The average molecular weight is 368 g/mol. The second-order valence-electron chi connectivity index (χ2n) is 6.96. The van der Waals surface area contributed by atoms with Crippen molar-refractivity contribution in [2.45, 2.75) is 39.0 Å². The molecule has 1 amide bonds. The molecular formula is C22H28N2O3. The molecule has 27 heavy (non-hydrogen) atoms. The number of nitrogens with one attached hydrogen (secondary N) is 1. The molecule has 5 heteroatoms. The summed E-state index contributed by atoms with van der Waals surface area (Å²) in [5, 5.41) is 2.96. The van der Waals surface area contributed by atoms with Crippen molar-refractivity contribution in [3.05, 3.63) is 59.7 Å². The average Bonchev–Trinajstić information content (AvgIpc) is 3.19. The molecule has 1 aliphatic rings. The van der Waals surface area contributed by atoms with E-state index in [0.29, 0.717) is 18.0 Å². The van der Waals surface area contributed by atoms with Crippen LogP contribution in [0.3, 0.4) is 0 Å². The van der Waals surface area contributed by atoms with Gasteiger partial charge in [-0.3, -0.25) is 9.69 Å². The van der Waals surface area contributed by atoms with E-state index in [9.17, 15) is 4.79 Å². The Balaban J connectivity index is 1.50. The van der Waals surface area contributed by atoms with E-state index in [1.165, 1.54) is 31.5 Å². The van der Waals surface area contributed by atoms with Gasteiger partial charge in [-0.1, -0.05) is 30.3 Å². The van der Waals surface area contributed by atoms with Gasteiger partial charge in [0.15, 0.2) is 6.10 Å². The van der Waals surface area contributed by atoms with E-state index in [4.69, 9.17) is 9.47 Å². The maximum absolute atomic E-state index is 12.4. The third-order valence-electron chi connectivity index (χ3n) is 4.79. The number of likely N-dealkylation sites (tertiary alicyclic amines) is 1. The minimum Gasteiger partial charge on any atom is -0.497 e. The molecule has 0 aliphatic carbocycles. The van der Waals surface area contributed by atoms with Crippen LogP contribution < -0.4 is 14.8 Å². The van der Waals surface area contributed by atoms with Crippen molar-refractivity contribution >= 4 is 5.91 Å². The fourth-order valence-corrected chi connectivity index (χ4v) is 3.30. The number of carbonyl (C=O) groups excluding carboxylic acids is 1. The molecule has 0 saturated carbocycles. The zero-order valence-electron chi connectivity index (χ0n) is 16.1. The predicted octanol–water partition coefficient (Wildman–Crippen LogP) is 3.37. The highest BCUT2D eigenvalue weighted by Gasteiger charge is 2.15. The highest BCUT2D eigenvalue weighted by atomic mass is 16.5. The number of methoxy groups -OCH3 is 1. The normalized spacial score (nSPS) is 15.3. The van der Waals surface area contributed by atoms with Gasteiger partial charge in [0.05, 0.1) is 7.11 Å². The van der Waals surface area contributed by atoms with Gasteiger partial charge in [0, 0.05) is 19.2 Å². The molecular weight excluding hydrogens is 340 g/mol. The number of rotatable bonds is 8. The van der Waals surface area contributed by atoms with Crippen LogP contribution in [0.25, 0.3) is 0 Å². The van der Waals surface area contributed by atoms with Crippen LogP contribution in [-0.2, 0) is 17.9 Å². The Morgan fingerprint density at radius 2 is 1.78 bits per heavy atom. The maximum atomic E-state index is 12.4. The van der Waals surface area contributed by atoms with Gasteiger partial charge >= 0.3 is 0 Å². The van der Waals surface area contributed by atoms with Gasteiger partial charge in [-0.05, 0) is 56.1 Å². The number of hydrogen-bond donors (Lipinski definition) is 1.